The third kappa shape index (κ3) is 6.28. The second-order valence-corrected chi connectivity index (χ2v) is 6.15. The van der Waals surface area contributed by atoms with Crippen LogP contribution in [0.1, 0.15) is 5.56 Å². The van der Waals surface area contributed by atoms with Crippen LogP contribution in [0.2, 0.25) is 0 Å². The molecule has 0 atom stereocenters. The van der Waals surface area contributed by atoms with Crippen LogP contribution in [0.15, 0.2) is 24.3 Å². The zero-order valence-electron chi connectivity index (χ0n) is 9.14. The van der Waals surface area contributed by atoms with Crippen LogP contribution in [-0.4, -0.2) is 26.3 Å². The number of benzene rings is 1. The Hall–Kier alpha value is -1.08. The molecule has 0 radical (unpaired) electrons. The summed E-state index contributed by atoms with van der Waals surface area (Å²) in [6, 6.07) is 5.92. The molecular formula is C10H12FNO3S2. The quantitative estimate of drug-likeness (QED) is 0.876. The van der Waals surface area contributed by atoms with Crippen molar-refractivity contribution >= 4 is 27.7 Å². The Kier molecular flexibility index (Phi) is 4.95. The van der Waals surface area contributed by atoms with Crippen molar-refractivity contribution in [3.05, 3.63) is 35.6 Å². The van der Waals surface area contributed by atoms with Crippen LogP contribution in [0.5, 0.6) is 0 Å². The first kappa shape index (κ1) is 14.0. The number of hydrogen-bond acceptors (Lipinski definition) is 4. The van der Waals surface area contributed by atoms with Crippen molar-refractivity contribution in [3.63, 3.8) is 0 Å². The van der Waals surface area contributed by atoms with Gasteiger partial charge < -0.3 is 0 Å². The number of hydrogen-bond donors (Lipinski definition) is 1. The molecular weight excluding hydrogens is 265 g/mol. The van der Waals surface area contributed by atoms with Crippen LogP contribution < -0.4 is 4.72 Å². The Morgan fingerprint density at radius 2 is 1.94 bits per heavy atom. The van der Waals surface area contributed by atoms with Crippen molar-refractivity contribution < 1.29 is 17.6 Å². The maximum Gasteiger partial charge on any atom is 0.243 e. The molecule has 1 amide bonds. The average Bonchev–Trinajstić information content (AvgIpc) is 2.18. The minimum atomic E-state index is -3.49. The minimum absolute atomic E-state index is 0.0461. The van der Waals surface area contributed by atoms with Crippen LogP contribution in [-0.2, 0) is 20.6 Å². The smallest absolute Gasteiger partial charge is 0.243 e. The molecule has 0 saturated carbocycles. The highest BCUT2D eigenvalue weighted by Gasteiger charge is 2.07. The van der Waals surface area contributed by atoms with Crippen LogP contribution >= 0.6 is 11.8 Å². The summed E-state index contributed by atoms with van der Waals surface area (Å²) in [6.07, 6.45) is 0.926. The Bertz CT molecular complexity index is 485. The van der Waals surface area contributed by atoms with Gasteiger partial charge in [0.15, 0.2) is 0 Å². The minimum Gasteiger partial charge on any atom is -0.273 e. The van der Waals surface area contributed by atoms with Crippen molar-refractivity contribution in [1.29, 1.82) is 0 Å². The van der Waals surface area contributed by atoms with E-state index in [1.54, 1.807) is 12.1 Å². The Balaban J connectivity index is 2.33. The molecule has 1 N–H and O–H groups in total. The van der Waals surface area contributed by atoms with Gasteiger partial charge in [-0.3, -0.25) is 9.52 Å². The topological polar surface area (TPSA) is 63.2 Å². The summed E-state index contributed by atoms with van der Waals surface area (Å²) in [5.41, 5.74) is 0.878. The fourth-order valence-corrected chi connectivity index (χ4v) is 2.44. The van der Waals surface area contributed by atoms with E-state index in [9.17, 15) is 17.6 Å². The summed E-state index contributed by atoms with van der Waals surface area (Å²) in [4.78, 5) is 11.1. The highest BCUT2D eigenvalue weighted by atomic mass is 32.2. The first-order valence-electron chi connectivity index (χ1n) is 4.69. The molecule has 0 aliphatic carbocycles. The molecule has 0 unspecified atom stereocenters. The summed E-state index contributed by atoms with van der Waals surface area (Å²) in [7, 11) is -3.49. The number of rotatable bonds is 5. The Morgan fingerprint density at radius 3 is 2.47 bits per heavy atom. The fraction of sp³-hybridized carbons (Fsp3) is 0.300. The van der Waals surface area contributed by atoms with E-state index in [4.69, 9.17) is 0 Å². The van der Waals surface area contributed by atoms with Crippen LogP contribution in [0.25, 0.3) is 0 Å². The molecule has 0 bridgehead atoms. The lowest BCUT2D eigenvalue weighted by Crippen LogP contribution is -2.30. The van der Waals surface area contributed by atoms with Gasteiger partial charge in [-0.2, -0.15) is 0 Å². The summed E-state index contributed by atoms with van der Waals surface area (Å²) in [6.45, 7) is 0. The summed E-state index contributed by atoms with van der Waals surface area (Å²) >= 11 is 1.26. The summed E-state index contributed by atoms with van der Waals surface area (Å²) < 4.78 is 35.9. The molecule has 0 aliphatic rings. The predicted molar refractivity (Wildman–Crippen MR) is 65.5 cm³/mol. The molecule has 0 heterocycles. The summed E-state index contributed by atoms with van der Waals surface area (Å²) in [5.74, 6) is -0.296. The molecule has 4 nitrogen and oxygen atoms in total. The SMILES string of the molecule is CS(=O)(=O)NC(=O)CSCc1ccc(F)cc1. The molecule has 0 fully saturated rings. The van der Waals surface area contributed by atoms with Crippen molar-refractivity contribution in [2.45, 2.75) is 5.75 Å². The Labute approximate surface area is 104 Å². The van der Waals surface area contributed by atoms with Crippen molar-refractivity contribution in [3.8, 4) is 0 Å². The zero-order chi connectivity index (χ0) is 12.9. The fourth-order valence-electron chi connectivity index (χ4n) is 1.08. The maximum absolute atomic E-state index is 12.6. The summed E-state index contributed by atoms with van der Waals surface area (Å²) in [5, 5.41) is 0. The van der Waals surface area contributed by atoms with Crippen molar-refractivity contribution in [2.75, 3.05) is 12.0 Å². The first-order chi connectivity index (χ1) is 7.87. The van der Waals surface area contributed by atoms with Gasteiger partial charge in [0.2, 0.25) is 15.9 Å². The second-order valence-electron chi connectivity index (χ2n) is 3.42. The monoisotopic (exact) mass is 277 g/mol. The lowest BCUT2D eigenvalue weighted by molar-refractivity contribution is -0.116. The van der Waals surface area contributed by atoms with Gasteiger partial charge in [-0.25, -0.2) is 12.8 Å². The standard InChI is InChI=1S/C10H12FNO3S2/c1-17(14,15)12-10(13)7-16-6-8-2-4-9(11)5-3-8/h2-5H,6-7H2,1H3,(H,12,13). The van der Waals surface area contributed by atoms with Gasteiger partial charge in [-0.15, -0.1) is 11.8 Å². The van der Waals surface area contributed by atoms with Crippen LogP contribution in [0.3, 0.4) is 0 Å². The molecule has 17 heavy (non-hydrogen) atoms. The normalized spacial score (nSPS) is 11.2. The maximum atomic E-state index is 12.6. The number of sulfonamides is 1. The van der Waals surface area contributed by atoms with Crippen molar-refractivity contribution in [1.82, 2.24) is 4.72 Å². The highest BCUT2D eigenvalue weighted by molar-refractivity contribution is 7.99. The van der Waals surface area contributed by atoms with Crippen LogP contribution in [0, 0.1) is 5.82 Å². The van der Waals surface area contributed by atoms with E-state index in [-0.39, 0.29) is 11.6 Å². The number of carbonyl (C=O) groups excluding carboxylic acids is 1. The Morgan fingerprint density at radius 1 is 1.35 bits per heavy atom. The third-order valence-electron chi connectivity index (χ3n) is 1.71. The van der Waals surface area contributed by atoms with E-state index in [0.717, 1.165) is 11.8 Å². The molecule has 0 aromatic heterocycles. The first-order valence-corrected chi connectivity index (χ1v) is 7.74. The van der Waals surface area contributed by atoms with Gasteiger partial charge in [0.1, 0.15) is 5.82 Å². The predicted octanol–water partition coefficient (Wildman–Crippen LogP) is 1.13. The van der Waals surface area contributed by atoms with E-state index in [1.807, 2.05) is 4.72 Å². The second kappa shape index (κ2) is 6.02. The number of thioether (sulfide) groups is 1. The van der Waals surface area contributed by atoms with Crippen LogP contribution in [0.4, 0.5) is 4.39 Å². The number of carbonyl (C=O) groups is 1. The molecule has 1 aromatic carbocycles. The number of amides is 1. The van der Waals surface area contributed by atoms with E-state index < -0.39 is 15.9 Å². The molecule has 1 rings (SSSR count). The number of halogens is 1. The zero-order valence-corrected chi connectivity index (χ0v) is 10.8. The van der Waals surface area contributed by atoms with Gasteiger partial charge in [0.05, 0.1) is 12.0 Å². The molecule has 7 heteroatoms. The van der Waals surface area contributed by atoms with Gasteiger partial charge in [-0.05, 0) is 17.7 Å². The van der Waals surface area contributed by atoms with E-state index in [0.29, 0.717) is 5.75 Å². The number of nitrogens with one attached hydrogen (secondary N) is 1. The molecule has 0 saturated heterocycles. The lowest BCUT2D eigenvalue weighted by atomic mass is 10.2. The van der Waals surface area contributed by atoms with E-state index in [1.165, 1.54) is 23.9 Å². The van der Waals surface area contributed by atoms with Gasteiger partial charge in [-0.1, -0.05) is 12.1 Å². The van der Waals surface area contributed by atoms with Gasteiger partial charge in [0, 0.05) is 5.75 Å². The molecule has 1 aromatic rings. The molecule has 0 aliphatic heterocycles. The highest BCUT2D eigenvalue weighted by Crippen LogP contribution is 2.12. The average molecular weight is 277 g/mol. The molecule has 94 valence electrons. The largest absolute Gasteiger partial charge is 0.273 e. The molecule has 0 spiro atoms. The van der Waals surface area contributed by atoms with E-state index >= 15 is 0 Å². The lowest BCUT2D eigenvalue weighted by Gasteiger charge is -2.03. The van der Waals surface area contributed by atoms with Gasteiger partial charge in [0.25, 0.3) is 0 Å². The van der Waals surface area contributed by atoms with Gasteiger partial charge >= 0.3 is 0 Å². The van der Waals surface area contributed by atoms with Crippen molar-refractivity contribution in [2.24, 2.45) is 0 Å². The third-order valence-corrected chi connectivity index (χ3v) is 3.32. The van der Waals surface area contributed by atoms with E-state index in [2.05, 4.69) is 0 Å².